The summed E-state index contributed by atoms with van der Waals surface area (Å²) in [7, 11) is 0. The maximum atomic E-state index is 12.9. The Hall–Kier alpha value is -3.87. The average Bonchev–Trinajstić information content (AvgIpc) is 3.22. The summed E-state index contributed by atoms with van der Waals surface area (Å²) in [4.78, 5) is 12.2. The van der Waals surface area contributed by atoms with Gasteiger partial charge in [0.2, 0.25) is 5.91 Å². The number of carbonyl (C=O) groups is 1. The Morgan fingerprint density at radius 3 is 2.58 bits per heavy atom. The molecule has 0 fully saturated rings. The van der Waals surface area contributed by atoms with Crippen LogP contribution < -0.4 is 5.43 Å². The van der Waals surface area contributed by atoms with Gasteiger partial charge in [0.15, 0.2) is 0 Å². The van der Waals surface area contributed by atoms with Crippen molar-refractivity contribution in [1.82, 2.24) is 5.43 Å². The van der Waals surface area contributed by atoms with Crippen LogP contribution in [0.4, 0.5) is 13.2 Å². The minimum Gasteiger partial charge on any atom is -0.455 e. The summed E-state index contributed by atoms with van der Waals surface area (Å²) >= 11 is 0. The van der Waals surface area contributed by atoms with E-state index >= 15 is 0 Å². The Bertz CT molecular complexity index is 1250. The smallest absolute Gasteiger partial charge is 0.416 e. The van der Waals surface area contributed by atoms with Gasteiger partial charge in [-0.15, -0.1) is 0 Å². The molecular weight excluding hydrogens is 405 g/mol. The number of hydrogen-bond donors (Lipinski definition) is 1. The fraction of sp³-hybridized carbons (Fsp3) is 0.0833. The Kier molecular flexibility index (Phi) is 5.58. The van der Waals surface area contributed by atoms with Crippen LogP contribution in [0.2, 0.25) is 0 Å². The maximum absolute atomic E-state index is 12.9. The number of amides is 1. The number of carbonyl (C=O) groups excluding carboxylic acids is 1. The van der Waals surface area contributed by atoms with Gasteiger partial charge in [-0.05, 0) is 40.6 Å². The molecule has 0 aliphatic carbocycles. The number of benzene rings is 3. The highest BCUT2D eigenvalue weighted by molar-refractivity contribution is 5.90. The lowest BCUT2D eigenvalue weighted by Gasteiger charge is -2.07. The second-order valence-electron chi connectivity index (χ2n) is 6.89. The minimum absolute atomic E-state index is 0.159. The lowest BCUT2D eigenvalue weighted by Crippen LogP contribution is -2.19. The molecule has 156 valence electrons. The summed E-state index contributed by atoms with van der Waals surface area (Å²) in [6.07, 6.45) is -2.97. The van der Waals surface area contributed by atoms with E-state index in [1.54, 1.807) is 12.1 Å². The monoisotopic (exact) mass is 422 g/mol. The Labute approximate surface area is 176 Å². The van der Waals surface area contributed by atoms with E-state index in [4.69, 9.17) is 4.42 Å². The fourth-order valence-electron chi connectivity index (χ4n) is 3.25. The molecule has 0 atom stereocenters. The third-order valence-corrected chi connectivity index (χ3v) is 4.71. The quantitative estimate of drug-likeness (QED) is 0.326. The van der Waals surface area contributed by atoms with E-state index in [1.165, 1.54) is 18.3 Å². The van der Waals surface area contributed by atoms with Gasteiger partial charge in [-0.3, -0.25) is 4.79 Å². The highest BCUT2D eigenvalue weighted by atomic mass is 19.4. The van der Waals surface area contributed by atoms with Crippen LogP contribution in [0.1, 0.15) is 16.9 Å². The first kappa shape index (κ1) is 20.4. The zero-order chi connectivity index (χ0) is 21.8. The fourth-order valence-corrected chi connectivity index (χ4v) is 3.25. The summed E-state index contributed by atoms with van der Waals surface area (Å²) < 4.78 is 44.2. The first-order chi connectivity index (χ1) is 14.9. The molecule has 0 aliphatic heterocycles. The maximum Gasteiger partial charge on any atom is 0.416 e. The molecule has 3 aromatic carbocycles. The number of rotatable bonds is 5. The van der Waals surface area contributed by atoms with E-state index in [2.05, 4.69) is 10.5 Å². The van der Waals surface area contributed by atoms with Crippen LogP contribution in [0.15, 0.2) is 88.4 Å². The van der Waals surface area contributed by atoms with E-state index < -0.39 is 11.7 Å². The normalized spacial score (nSPS) is 11.8. The van der Waals surface area contributed by atoms with Crippen molar-refractivity contribution in [3.8, 4) is 11.3 Å². The lowest BCUT2D eigenvalue weighted by atomic mass is 10.0. The third kappa shape index (κ3) is 4.83. The molecule has 1 aromatic heterocycles. The third-order valence-electron chi connectivity index (χ3n) is 4.71. The van der Waals surface area contributed by atoms with Crippen LogP contribution in [0.3, 0.4) is 0 Å². The molecule has 1 amide bonds. The van der Waals surface area contributed by atoms with E-state index in [9.17, 15) is 18.0 Å². The van der Waals surface area contributed by atoms with Crippen molar-refractivity contribution in [3.05, 3.63) is 95.7 Å². The van der Waals surface area contributed by atoms with Crippen molar-refractivity contribution in [2.24, 2.45) is 5.10 Å². The van der Waals surface area contributed by atoms with Crippen molar-refractivity contribution in [2.45, 2.75) is 12.6 Å². The van der Waals surface area contributed by atoms with Gasteiger partial charge >= 0.3 is 6.18 Å². The zero-order valence-electron chi connectivity index (χ0n) is 16.2. The van der Waals surface area contributed by atoms with E-state index in [0.29, 0.717) is 11.3 Å². The molecule has 0 radical (unpaired) electrons. The summed E-state index contributed by atoms with van der Waals surface area (Å²) in [6.45, 7) is 0. The first-order valence-corrected chi connectivity index (χ1v) is 9.46. The number of nitrogens with one attached hydrogen (secondary N) is 1. The molecule has 0 bridgehead atoms. The van der Waals surface area contributed by atoms with E-state index in [-0.39, 0.29) is 18.1 Å². The number of hydrogen-bond acceptors (Lipinski definition) is 3. The molecule has 4 nitrogen and oxygen atoms in total. The van der Waals surface area contributed by atoms with Crippen LogP contribution >= 0.6 is 0 Å². The predicted octanol–water partition coefficient (Wildman–Crippen LogP) is 5.81. The summed E-state index contributed by atoms with van der Waals surface area (Å²) in [6, 6.07) is 21.5. The van der Waals surface area contributed by atoms with Gasteiger partial charge in [0.25, 0.3) is 0 Å². The van der Waals surface area contributed by atoms with Crippen molar-refractivity contribution in [2.75, 3.05) is 0 Å². The molecule has 31 heavy (non-hydrogen) atoms. The number of furan rings is 1. The molecule has 0 saturated carbocycles. The number of halogens is 3. The molecule has 0 unspecified atom stereocenters. The highest BCUT2D eigenvalue weighted by Gasteiger charge is 2.30. The van der Waals surface area contributed by atoms with Crippen molar-refractivity contribution < 1.29 is 22.4 Å². The lowest BCUT2D eigenvalue weighted by molar-refractivity contribution is -0.137. The second kappa shape index (κ2) is 8.47. The molecule has 0 spiro atoms. The van der Waals surface area contributed by atoms with Gasteiger partial charge in [-0.2, -0.15) is 18.3 Å². The van der Waals surface area contributed by atoms with E-state index in [0.717, 1.165) is 28.5 Å². The zero-order valence-corrected chi connectivity index (χ0v) is 16.2. The van der Waals surface area contributed by atoms with Crippen molar-refractivity contribution in [1.29, 1.82) is 0 Å². The topological polar surface area (TPSA) is 54.6 Å². The summed E-state index contributed by atoms with van der Waals surface area (Å²) in [5, 5.41) is 5.93. The van der Waals surface area contributed by atoms with Gasteiger partial charge in [0.1, 0.15) is 11.5 Å². The van der Waals surface area contributed by atoms with Crippen LogP contribution in [-0.2, 0) is 17.4 Å². The number of fused-ring (bicyclic) bond motifs is 1. The van der Waals surface area contributed by atoms with Crippen molar-refractivity contribution >= 4 is 22.9 Å². The van der Waals surface area contributed by atoms with Crippen LogP contribution in [0.5, 0.6) is 0 Å². The number of nitrogens with zero attached hydrogens (tertiary/aromatic N) is 1. The average molecular weight is 422 g/mol. The highest BCUT2D eigenvalue weighted by Crippen LogP contribution is 2.32. The molecule has 1 N–H and O–H groups in total. The number of hydrazone groups is 1. The van der Waals surface area contributed by atoms with Gasteiger partial charge in [0, 0.05) is 5.56 Å². The van der Waals surface area contributed by atoms with Gasteiger partial charge in [-0.1, -0.05) is 54.6 Å². The molecular formula is C24H17F3N2O2. The molecule has 4 aromatic rings. The van der Waals surface area contributed by atoms with Gasteiger partial charge in [-0.25, -0.2) is 5.43 Å². The van der Waals surface area contributed by atoms with E-state index in [1.807, 2.05) is 42.5 Å². The van der Waals surface area contributed by atoms with Crippen molar-refractivity contribution in [3.63, 3.8) is 0 Å². The standard InChI is InChI=1S/C24H17F3N2O2/c25-24(26,27)19-9-4-8-18(13-19)22-12-11-20(31-22)15-28-29-23(30)14-17-7-3-6-16-5-1-2-10-21(16)17/h1-13,15H,14H2,(H,29,30). The van der Waals surface area contributed by atoms with Gasteiger partial charge < -0.3 is 4.42 Å². The molecule has 4 rings (SSSR count). The molecule has 0 saturated heterocycles. The number of alkyl halides is 3. The predicted molar refractivity (Wildman–Crippen MR) is 113 cm³/mol. The summed E-state index contributed by atoms with van der Waals surface area (Å²) in [5.41, 5.74) is 2.88. The van der Waals surface area contributed by atoms with Gasteiger partial charge in [0.05, 0.1) is 18.2 Å². The second-order valence-corrected chi connectivity index (χ2v) is 6.89. The SMILES string of the molecule is O=C(Cc1cccc2ccccc12)NN=Cc1ccc(-c2cccc(C(F)(F)F)c2)o1. The van der Waals surface area contributed by atoms with Crippen LogP contribution in [0.25, 0.3) is 22.1 Å². The first-order valence-electron chi connectivity index (χ1n) is 9.46. The van der Waals surface area contributed by atoms with Crippen LogP contribution in [-0.4, -0.2) is 12.1 Å². The minimum atomic E-state index is -4.43. The Morgan fingerprint density at radius 2 is 1.74 bits per heavy atom. The van der Waals surface area contributed by atoms with Crippen LogP contribution in [0, 0.1) is 0 Å². The summed E-state index contributed by atoms with van der Waals surface area (Å²) in [5.74, 6) is 0.282. The largest absolute Gasteiger partial charge is 0.455 e. The Morgan fingerprint density at radius 1 is 0.968 bits per heavy atom. The molecule has 7 heteroatoms. The molecule has 1 heterocycles. The Balaban J connectivity index is 1.41. The molecule has 0 aliphatic rings.